The Kier molecular flexibility index (Phi) is 10.9. The first-order chi connectivity index (χ1) is 15.6. The van der Waals surface area contributed by atoms with E-state index < -0.39 is 12.1 Å². The summed E-state index contributed by atoms with van der Waals surface area (Å²) in [7, 11) is 0. The first-order valence-corrected chi connectivity index (χ1v) is 11.9. The van der Waals surface area contributed by atoms with E-state index in [1.807, 2.05) is 60.7 Å². The summed E-state index contributed by atoms with van der Waals surface area (Å²) in [6.07, 6.45) is 3.05. The van der Waals surface area contributed by atoms with Gasteiger partial charge in [-0.1, -0.05) is 74.5 Å². The van der Waals surface area contributed by atoms with Crippen molar-refractivity contribution in [3.63, 3.8) is 0 Å². The van der Waals surface area contributed by atoms with Crippen LogP contribution in [0.2, 0.25) is 0 Å². The molecule has 3 unspecified atom stereocenters. The van der Waals surface area contributed by atoms with E-state index in [2.05, 4.69) is 13.8 Å². The topological polar surface area (TPSA) is 106 Å². The highest BCUT2D eigenvalue weighted by molar-refractivity contribution is 5.79. The van der Waals surface area contributed by atoms with E-state index in [1.165, 1.54) is 0 Å². The van der Waals surface area contributed by atoms with Gasteiger partial charge >= 0.3 is 0 Å². The van der Waals surface area contributed by atoms with E-state index in [4.69, 9.17) is 11.5 Å². The Labute approximate surface area is 198 Å². The lowest BCUT2D eigenvalue weighted by atomic mass is 9.81. The van der Waals surface area contributed by atoms with Crippen LogP contribution in [-0.4, -0.2) is 34.9 Å². The van der Waals surface area contributed by atoms with Crippen LogP contribution in [-0.2, 0) is 22.4 Å². The lowest BCUT2D eigenvalue weighted by molar-refractivity contribution is -0.121. The summed E-state index contributed by atoms with van der Waals surface area (Å²) < 4.78 is 0. The molecule has 0 heterocycles. The predicted octanol–water partition coefficient (Wildman–Crippen LogP) is 3.99. The average Bonchev–Trinajstić information content (AvgIpc) is 2.78. The zero-order valence-corrected chi connectivity index (χ0v) is 20.1. The van der Waals surface area contributed by atoms with Crippen molar-refractivity contribution in [3.05, 3.63) is 71.8 Å². The Morgan fingerprint density at radius 2 is 1.24 bits per heavy atom. The number of nitrogens with two attached hydrogens (primary N) is 2. The van der Waals surface area contributed by atoms with Gasteiger partial charge in [0, 0.05) is 37.8 Å². The molecule has 0 aromatic heterocycles. The normalized spacial score (nSPS) is 14.5. The van der Waals surface area contributed by atoms with E-state index >= 15 is 0 Å². The molecule has 180 valence electrons. The smallest absolute Gasteiger partial charge is 0.135 e. The van der Waals surface area contributed by atoms with Crippen LogP contribution >= 0.6 is 0 Å². The molecule has 0 fully saturated rings. The second-order valence-corrected chi connectivity index (χ2v) is 10.0. The summed E-state index contributed by atoms with van der Waals surface area (Å²) >= 11 is 0. The molecule has 5 heteroatoms. The Bertz CT molecular complexity index is 852. The fraction of sp³-hybridized carbons (Fsp3) is 0.500. The second kappa shape index (κ2) is 13.4. The first-order valence-electron chi connectivity index (χ1n) is 11.9. The zero-order chi connectivity index (χ0) is 24.3. The van der Waals surface area contributed by atoms with E-state index in [-0.39, 0.29) is 29.4 Å². The van der Waals surface area contributed by atoms with Crippen LogP contribution < -0.4 is 11.5 Å². The maximum Gasteiger partial charge on any atom is 0.135 e. The molecule has 5 N–H and O–H groups in total. The predicted molar refractivity (Wildman–Crippen MR) is 134 cm³/mol. The maximum absolute atomic E-state index is 12.4. The first kappa shape index (κ1) is 26.9. The molecular weight excluding hydrogens is 412 g/mol. The standard InChI is InChI=1S/C28H40N2O3/c1-28(2,15-13-24(31)19-23(29)17-21-9-5-3-6-10-21)16-14-25(32)20-27(33)26(30)18-22-11-7-4-8-12-22/h3-12,23,26-27,33H,13-20,29-30H2,1-2H3. The van der Waals surface area contributed by atoms with Crippen LogP contribution in [0.3, 0.4) is 0 Å². The summed E-state index contributed by atoms with van der Waals surface area (Å²) in [6.45, 7) is 4.16. The average molecular weight is 453 g/mol. The fourth-order valence-corrected chi connectivity index (χ4v) is 3.97. The zero-order valence-electron chi connectivity index (χ0n) is 20.1. The van der Waals surface area contributed by atoms with E-state index in [9.17, 15) is 14.7 Å². The van der Waals surface area contributed by atoms with Gasteiger partial charge in [0.1, 0.15) is 11.6 Å². The quantitative estimate of drug-likeness (QED) is 0.379. The Hall–Kier alpha value is -2.34. The van der Waals surface area contributed by atoms with Gasteiger partial charge < -0.3 is 16.6 Å². The molecule has 0 aliphatic carbocycles. The molecule has 0 radical (unpaired) electrons. The Balaban J connectivity index is 1.67. The van der Waals surface area contributed by atoms with E-state index in [0.29, 0.717) is 44.9 Å². The minimum absolute atomic E-state index is 0.00953. The molecule has 2 rings (SSSR count). The van der Waals surface area contributed by atoms with Gasteiger partial charge in [0.2, 0.25) is 0 Å². The molecular formula is C28H40N2O3. The van der Waals surface area contributed by atoms with Crippen molar-refractivity contribution >= 4 is 11.6 Å². The number of benzene rings is 2. The van der Waals surface area contributed by atoms with Crippen LogP contribution in [0, 0.1) is 5.41 Å². The highest BCUT2D eigenvalue weighted by Gasteiger charge is 2.24. The summed E-state index contributed by atoms with van der Waals surface area (Å²) in [6, 6.07) is 19.1. The largest absolute Gasteiger partial charge is 0.391 e. The van der Waals surface area contributed by atoms with Gasteiger partial charge in [-0.2, -0.15) is 0 Å². The Morgan fingerprint density at radius 1 is 0.788 bits per heavy atom. The molecule has 33 heavy (non-hydrogen) atoms. The number of hydrogen-bond acceptors (Lipinski definition) is 5. The second-order valence-electron chi connectivity index (χ2n) is 10.0. The lowest BCUT2D eigenvalue weighted by Crippen LogP contribution is -2.38. The molecule has 2 aromatic rings. The molecule has 3 atom stereocenters. The molecule has 0 saturated carbocycles. The van der Waals surface area contributed by atoms with Gasteiger partial charge in [0.15, 0.2) is 0 Å². The number of aliphatic hydroxyl groups excluding tert-OH is 1. The number of carbonyl (C=O) groups is 2. The summed E-state index contributed by atoms with van der Waals surface area (Å²) in [4.78, 5) is 24.8. The lowest BCUT2D eigenvalue weighted by Gasteiger charge is -2.25. The van der Waals surface area contributed by atoms with E-state index in [0.717, 1.165) is 11.1 Å². The van der Waals surface area contributed by atoms with Crippen molar-refractivity contribution in [1.82, 2.24) is 0 Å². The van der Waals surface area contributed by atoms with Crippen molar-refractivity contribution in [2.24, 2.45) is 16.9 Å². The molecule has 0 saturated heterocycles. The number of Topliss-reactive ketones (excluding diaryl/α,β-unsaturated/α-hetero) is 2. The Morgan fingerprint density at radius 3 is 1.76 bits per heavy atom. The van der Waals surface area contributed by atoms with Crippen molar-refractivity contribution in [2.75, 3.05) is 0 Å². The van der Waals surface area contributed by atoms with E-state index in [1.54, 1.807) is 0 Å². The van der Waals surface area contributed by atoms with Crippen molar-refractivity contribution in [2.45, 2.75) is 83.4 Å². The van der Waals surface area contributed by atoms with Crippen molar-refractivity contribution < 1.29 is 14.7 Å². The third kappa shape index (κ3) is 10.9. The van der Waals surface area contributed by atoms with Crippen LogP contribution in [0.5, 0.6) is 0 Å². The molecule has 5 nitrogen and oxygen atoms in total. The summed E-state index contributed by atoms with van der Waals surface area (Å²) in [5, 5.41) is 10.3. The van der Waals surface area contributed by atoms with Crippen molar-refractivity contribution in [3.8, 4) is 0 Å². The highest BCUT2D eigenvalue weighted by Crippen LogP contribution is 2.29. The molecule has 0 aliphatic heterocycles. The fourth-order valence-electron chi connectivity index (χ4n) is 3.97. The third-order valence-electron chi connectivity index (χ3n) is 6.24. The SMILES string of the molecule is CC(C)(CCC(=O)CC(N)Cc1ccccc1)CCC(=O)CC(O)C(N)Cc1ccccc1. The summed E-state index contributed by atoms with van der Waals surface area (Å²) in [5.74, 6) is 0.176. The molecule has 0 aliphatic rings. The number of aliphatic hydroxyl groups is 1. The van der Waals surface area contributed by atoms with Gasteiger partial charge in [-0.05, 0) is 42.2 Å². The van der Waals surface area contributed by atoms with Gasteiger partial charge in [0.25, 0.3) is 0 Å². The minimum Gasteiger partial charge on any atom is -0.391 e. The number of ketones is 2. The summed E-state index contributed by atoms with van der Waals surface area (Å²) in [5.41, 5.74) is 14.3. The van der Waals surface area contributed by atoms with Gasteiger partial charge in [-0.3, -0.25) is 9.59 Å². The molecule has 2 aromatic carbocycles. The minimum atomic E-state index is -0.853. The van der Waals surface area contributed by atoms with Crippen LogP contribution in [0.25, 0.3) is 0 Å². The number of carbonyl (C=O) groups excluding carboxylic acids is 2. The van der Waals surface area contributed by atoms with Gasteiger partial charge in [0.05, 0.1) is 6.10 Å². The maximum atomic E-state index is 12.4. The van der Waals surface area contributed by atoms with Crippen molar-refractivity contribution in [1.29, 1.82) is 0 Å². The van der Waals surface area contributed by atoms with Crippen LogP contribution in [0.1, 0.15) is 63.5 Å². The third-order valence-corrected chi connectivity index (χ3v) is 6.24. The van der Waals surface area contributed by atoms with Gasteiger partial charge in [-0.25, -0.2) is 0 Å². The van der Waals surface area contributed by atoms with Crippen LogP contribution in [0.15, 0.2) is 60.7 Å². The number of rotatable bonds is 15. The molecule has 0 amide bonds. The van der Waals surface area contributed by atoms with Gasteiger partial charge in [-0.15, -0.1) is 0 Å². The number of hydrogen-bond donors (Lipinski definition) is 3. The molecule has 0 spiro atoms. The monoisotopic (exact) mass is 452 g/mol. The highest BCUT2D eigenvalue weighted by atomic mass is 16.3. The molecule has 0 bridgehead atoms. The van der Waals surface area contributed by atoms with Crippen LogP contribution in [0.4, 0.5) is 0 Å².